The number of fused-ring (bicyclic) bond motifs is 2. The number of rotatable bonds is 4. The Morgan fingerprint density at radius 1 is 1.14 bits per heavy atom. The fourth-order valence-corrected chi connectivity index (χ4v) is 2.36. The van der Waals surface area contributed by atoms with E-state index in [2.05, 4.69) is 9.97 Å². The highest BCUT2D eigenvalue weighted by molar-refractivity contribution is 5.80. The molecule has 0 amide bonds. The van der Waals surface area contributed by atoms with Gasteiger partial charge < -0.3 is 23.9 Å². The largest absolute Gasteiger partial charge is 0.497 e. The van der Waals surface area contributed by atoms with Gasteiger partial charge in [-0.1, -0.05) is 6.07 Å². The van der Waals surface area contributed by atoms with Gasteiger partial charge in [0.2, 0.25) is 6.79 Å². The lowest BCUT2D eigenvalue weighted by molar-refractivity contribution is 0.174. The lowest BCUT2D eigenvalue weighted by Gasteiger charge is -2.05. The Labute approximate surface area is 126 Å². The quantitative estimate of drug-likeness (QED) is 0.802. The maximum absolute atomic E-state index is 5.73. The molecule has 0 unspecified atom stereocenters. The van der Waals surface area contributed by atoms with Gasteiger partial charge in [0.15, 0.2) is 11.5 Å². The molecule has 1 aliphatic rings. The van der Waals surface area contributed by atoms with Crippen LogP contribution >= 0.6 is 0 Å². The molecule has 6 nitrogen and oxygen atoms in total. The third-order valence-corrected chi connectivity index (χ3v) is 3.44. The summed E-state index contributed by atoms with van der Waals surface area (Å²) in [5.74, 6) is 3.68. The van der Waals surface area contributed by atoms with Gasteiger partial charge in [-0.15, -0.1) is 0 Å². The van der Waals surface area contributed by atoms with Crippen LogP contribution in [0.25, 0.3) is 11.0 Å². The highest BCUT2D eigenvalue weighted by atomic mass is 16.7. The van der Waals surface area contributed by atoms with Crippen molar-refractivity contribution < 1.29 is 18.9 Å². The molecule has 0 fully saturated rings. The van der Waals surface area contributed by atoms with Crippen molar-refractivity contribution in [1.82, 2.24) is 9.97 Å². The molecule has 1 aromatic heterocycles. The average molecular weight is 298 g/mol. The van der Waals surface area contributed by atoms with Crippen molar-refractivity contribution in [3.05, 3.63) is 42.2 Å². The lowest BCUT2D eigenvalue weighted by atomic mass is 10.3. The number of aromatic nitrogens is 2. The monoisotopic (exact) mass is 298 g/mol. The molecule has 6 heteroatoms. The first-order valence-corrected chi connectivity index (χ1v) is 6.87. The molecule has 3 aromatic rings. The van der Waals surface area contributed by atoms with Gasteiger partial charge in [-0.05, 0) is 12.1 Å². The third kappa shape index (κ3) is 2.28. The summed E-state index contributed by atoms with van der Waals surface area (Å²) in [6.45, 7) is 0.599. The first-order valence-electron chi connectivity index (χ1n) is 6.87. The second kappa shape index (κ2) is 5.14. The minimum absolute atomic E-state index is 0.258. The summed E-state index contributed by atoms with van der Waals surface area (Å²) in [5.41, 5.74) is 1.72. The van der Waals surface area contributed by atoms with Crippen LogP contribution in [0.1, 0.15) is 5.82 Å². The number of methoxy groups -OCH3 is 1. The molecule has 0 aliphatic carbocycles. The van der Waals surface area contributed by atoms with Gasteiger partial charge >= 0.3 is 0 Å². The van der Waals surface area contributed by atoms with Gasteiger partial charge in [-0.25, -0.2) is 4.98 Å². The Bertz CT molecular complexity index is 787. The van der Waals surface area contributed by atoms with E-state index in [-0.39, 0.29) is 6.79 Å². The molecule has 0 radical (unpaired) electrons. The normalized spacial score (nSPS) is 12.6. The van der Waals surface area contributed by atoms with Gasteiger partial charge in [0.05, 0.1) is 18.1 Å². The van der Waals surface area contributed by atoms with Gasteiger partial charge in [0.25, 0.3) is 0 Å². The Morgan fingerprint density at radius 3 is 2.82 bits per heavy atom. The molecule has 2 aromatic carbocycles. The van der Waals surface area contributed by atoms with Crippen molar-refractivity contribution in [1.29, 1.82) is 0 Å². The van der Waals surface area contributed by atoms with E-state index in [0.29, 0.717) is 6.61 Å². The van der Waals surface area contributed by atoms with E-state index in [1.54, 1.807) is 7.11 Å². The summed E-state index contributed by atoms with van der Waals surface area (Å²) < 4.78 is 21.6. The zero-order chi connectivity index (χ0) is 14.9. The SMILES string of the molecule is COc1cccc(OCc2nc3cc4c(cc3[nH]2)OCO4)c1. The Morgan fingerprint density at radius 2 is 1.95 bits per heavy atom. The maximum Gasteiger partial charge on any atom is 0.231 e. The molecule has 1 aliphatic heterocycles. The van der Waals surface area contributed by atoms with E-state index in [9.17, 15) is 0 Å². The molecule has 0 saturated carbocycles. The molecule has 1 N–H and O–H groups in total. The predicted molar refractivity (Wildman–Crippen MR) is 79.5 cm³/mol. The van der Waals surface area contributed by atoms with Crippen molar-refractivity contribution in [2.75, 3.05) is 13.9 Å². The summed E-state index contributed by atoms with van der Waals surface area (Å²) in [5, 5.41) is 0. The molecular formula is C16H14N2O4. The number of H-pyrrole nitrogens is 1. The zero-order valence-corrected chi connectivity index (χ0v) is 12.0. The number of nitrogens with zero attached hydrogens (tertiary/aromatic N) is 1. The molecule has 0 atom stereocenters. The minimum atomic E-state index is 0.258. The van der Waals surface area contributed by atoms with E-state index in [1.165, 1.54) is 0 Å². The number of benzene rings is 2. The fourth-order valence-electron chi connectivity index (χ4n) is 2.36. The van der Waals surface area contributed by atoms with Crippen molar-refractivity contribution in [3.63, 3.8) is 0 Å². The van der Waals surface area contributed by atoms with Crippen molar-refractivity contribution in [2.24, 2.45) is 0 Å². The van der Waals surface area contributed by atoms with E-state index < -0.39 is 0 Å². The van der Waals surface area contributed by atoms with Crippen molar-refractivity contribution >= 4 is 11.0 Å². The summed E-state index contributed by atoms with van der Waals surface area (Å²) in [6, 6.07) is 11.2. The smallest absolute Gasteiger partial charge is 0.231 e. The van der Waals surface area contributed by atoms with E-state index in [0.717, 1.165) is 39.9 Å². The van der Waals surface area contributed by atoms with Crippen LogP contribution in [-0.2, 0) is 6.61 Å². The number of nitrogens with one attached hydrogen (secondary N) is 1. The van der Waals surface area contributed by atoms with E-state index in [4.69, 9.17) is 18.9 Å². The van der Waals surface area contributed by atoms with Crippen LogP contribution in [0, 0.1) is 0 Å². The number of hydrogen-bond donors (Lipinski definition) is 1. The summed E-state index contributed by atoms with van der Waals surface area (Å²) in [6.07, 6.45) is 0. The number of ether oxygens (including phenoxy) is 4. The number of hydrogen-bond acceptors (Lipinski definition) is 5. The summed E-state index contributed by atoms with van der Waals surface area (Å²) in [4.78, 5) is 7.72. The molecule has 0 spiro atoms. The topological polar surface area (TPSA) is 65.6 Å². The highest BCUT2D eigenvalue weighted by Gasteiger charge is 2.16. The molecule has 0 saturated heterocycles. The van der Waals surface area contributed by atoms with E-state index >= 15 is 0 Å². The lowest BCUT2D eigenvalue weighted by Crippen LogP contribution is -1.97. The van der Waals surface area contributed by atoms with Gasteiger partial charge in [0.1, 0.15) is 23.9 Å². The van der Waals surface area contributed by atoms with Crippen LogP contribution in [0.2, 0.25) is 0 Å². The summed E-state index contributed by atoms with van der Waals surface area (Å²) in [7, 11) is 1.63. The van der Waals surface area contributed by atoms with Crippen LogP contribution in [0.5, 0.6) is 23.0 Å². The first kappa shape index (κ1) is 12.8. The van der Waals surface area contributed by atoms with Crippen molar-refractivity contribution in [3.8, 4) is 23.0 Å². The summed E-state index contributed by atoms with van der Waals surface area (Å²) >= 11 is 0. The minimum Gasteiger partial charge on any atom is -0.497 e. The zero-order valence-electron chi connectivity index (χ0n) is 12.0. The Kier molecular flexibility index (Phi) is 3.00. The molecule has 112 valence electrons. The van der Waals surface area contributed by atoms with Crippen LogP contribution in [0.15, 0.2) is 36.4 Å². The molecule has 22 heavy (non-hydrogen) atoms. The third-order valence-electron chi connectivity index (χ3n) is 3.44. The van der Waals surface area contributed by atoms with Crippen molar-refractivity contribution in [2.45, 2.75) is 6.61 Å². The molecular weight excluding hydrogens is 284 g/mol. The van der Waals surface area contributed by atoms with Gasteiger partial charge in [0, 0.05) is 18.2 Å². The van der Waals surface area contributed by atoms with Crippen LogP contribution in [0.4, 0.5) is 0 Å². The Balaban J connectivity index is 1.54. The van der Waals surface area contributed by atoms with Crippen LogP contribution in [-0.4, -0.2) is 23.9 Å². The van der Waals surface area contributed by atoms with Gasteiger partial charge in [-0.3, -0.25) is 0 Å². The Hall–Kier alpha value is -2.89. The maximum atomic E-state index is 5.73. The fraction of sp³-hybridized carbons (Fsp3) is 0.188. The first-order chi connectivity index (χ1) is 10.8. The predicted octanol–water partition coefficient (Wildman–Crippen LogP) is 2.88. The standard InChI is InChI=1S/C16H14N2O4/c1-19-10-3-2-4-11(5-10)20-8-16-17-12-6-14-15(22-9-21-14)7-13(12)18-16/h2-7H,8-9H2,1H3,(H,17,18). The second-order valence-corrected chi connectivity index (χ2v) is 4.87. The molecule has 4 rings (SSSR count). The molecule has 2 heterocycles. The van der Waals surface area contributed by atoms with Crippen LogP contribution in [0.3, 0.4) is 0 Å². The van der Waals surface area contributed by atoms with Crippen LogP contribution < -0.4 is 18.9 Å². The number of imidazole rings is 1. The molecule has 0 bridgehead atoms. The average Bonchev–Trinajstić information content (AvgIpc) is 3.15. The highest BCUT2D eigenvalue weighted by Crippen LogP contribution is 2.35. The second-order valence-electron chi connectivity index (χ2n) is 4.87. The van der Waals surface area contributed by atoms with E-state index in [1.807, 2.05) is 36.4 Å². The van der Waals surface area contributed by atoms with Gasteiger partial charge in [-0.2, -0.15) is 0 Å². The number of aromatic amines is 1.